The second-order valence-corrected chi connectivity index (χ2v) is 2.73. The van der Waals surface area contributed by atoms with Crippen LogP contribution in [0.2, 0.25) is 0 Å². The third-order valence-corrected chi connectivity index (χ3v) is 1.40. The van der Waals surface area contributed by atoms with Gasteiger partial charge in [0.05, 0.1) is 0 Å². The van der Waals surface area contributed by atoms with E-state index >= 15 is 0 Å². The first kappa shape index (κ1) is 56.5. The molecule has 1 amide bonds. The predicted octanol–water partition coefficient (Wildman–Crippen LogP) is 5.03. The molecule has 1 N–H and O–H groups in total. The lowest BCUT2D eigenvalue weighted by Crippen LogP contribution is -2.26. The largest absolute Gasteiger partial charge is 0.435 e. The second kappa shape index (κ2) is 38.5. The summed E-state index contributed by atoms with van der Waals surface area (Å²) in [4.78, 5) is 32.3. The molecule has 0 aromatic carbocycles. The molecule has 0 aliphatic rings. The Morgan fingerprint density at radius 1 is 0.846 bits per heavy atom. The van der Waals surface area contributed by atoms with E-state index in [0.29, 0.717) is 6.54 Å². The van der Waals surface area contributed by atoms with Gasteiger partial charge in [-0.05, 0) is 6.92 Å². The number of rotatable bonds is 8. The van der Waals surface area contributed by atoms with Crippen LogP contribution in [0.25, 0.3) is 0 Å². The van der Waals surface area contributed by atoms with Crippen LogP contribution < -0.4 is 5.32 Å². The summed E-state index contributed by atoms with van der Waals surface area (Å²) in [5.74, 6) is -1.42. The van der Waals surface area contributed by atoms with Gasteiger partial charge in [-0.2, -0.15) is 0 Å². The highest BCUT2D eigenvalue weighted by molar-refractivity contribution is 5.81. The zero-order valence-corrected chi connectivity index (χ0v) is 9.97. The molecule has 0 aliphatic heterocycles. The van der Waals surface area contributed by atoms with Crippen molar-refractivity contribution in [2.45, 2.75) is 66.3 Å². The molecule has 8 nitrogen and oxygen atoms in total. The summed E-state index contributed by atoms with van der Waals surface area (Å²) in [7, 11) is 0. The fourth-order valence-corrected chi connectivity index (χ4v) is 0.669. The zero-order valence-electron chi connectivity index (χ0n) is 9.97. The average Bonchev–Trinajstić information content (AvgIpc) is 2.34. The maximum atomic E-state index is 11.0. The number of carbonyl (C=O) groups is 3. The van der Waals surface area contributed by atoms with E-state index in [1.165, 1.54) is 0 Å². The highest BCUT2D eigenvalue weighted by Crippen LogP contribution is 1.86. The topological polar surface area (TPSA) is 100 Å². The lowest BCUT2D eigenvalue weighted by molar-refractivity contribution is -0.167. The molecule has 0 heterocycles. The minimum atomic E-state index is -0.756. The maximum Gasteiger partial charge on any atom is 0.410 e. The molecule has 0 bridgehead atoms. The smallest absolute Gasteiger partial charge is 0.410 e. The van der Waals surface area contributed by atoms with Crippen molar-refractivity contribution in [3.05, 3.63) is 12.7 Å². The lowest BCUT2D eigenvalue weighted by atomic mass is 10.7. The number of hydrogen-bond acceptors (Lipinski definition) is 7. The number of ether oxygens (including phenoxy) is 4. The number of hydrogen-bond donors (Lipinski definition) is 1. The molecule has 0 saturated carbocycles. The Labute approximate surface area is 163 Å². The first-order valence-electron chi connectivity index (χ1n) is 5.03. The molecule has 0 radical (unpaired) electrons. The van der Waals surface area contributed by atoms with E-state index in [1.807, 2.05) is 0 Å². The molecule has 0 aliphatic carbocycles. The molecule has 0 aromatic heterocycles. The van der Waals surface area contributed by atoms with Crippen molar-refractivity contribution in [3.8, 4) is 0 Å². The fraction of sp³-hybridized carbons (Fsp3) is 0.722. The predicted molar refractivity (Wildman–Crippen MR) is 112 cm³/mol. The first-order valence-corrected chi connectivity index (χ1v) is 5.03. The van der Waals surface area contributed by atoms with E-state index < -0.39 is 38.2 Å². The fourth-order valence-electron chi connectivity index (χ4n) is 0.669. The number of nitrogens with one attached hydrogen (secondary N) is 1. The molecule has 8 heteroatoms. The van der Waals surface area contributed by atoms with E-state index in [1.54, 1.807) is 6.92 Å². The van der Waals surface area contributed by atoms with Gasteiger partial charge in [0.25, 0.3) is 0 Å². The van der Waals surface area contributed by atoms with E-state index in [-0.39, 0.29) is 59.4 Å². The van der Waals surface area contributed by atoms with Crippen molar-refractivity contribution in [3.63, 3.8) is 0 Å². The summed E-state index contributed by atoms with van der Waals surface area (Å²) in [6, 6.07) is 0. The molecule has 0 rings (SSSR count). The Hall–Kier alpha value is -2.09. The van der Waals surface area contributed by atoms with Crippen molar-refractivity contribution in [2.75, 3.05) is 26.7 Å². The van der Waals surface area contributed by atoms with Gasteiger partial charge in [0.2, 0.25) is 6.79 Å². The van der Waals surface area contributed by atoms with Gasteiger partial charge in [-0.25, -0.2) is 14.4 Å². The Kier molecular flexibility index (Phi) is 83.5. The summed E-state index contributed by atoms with van der Waals surface area (Å²) in [6.07, 6.45) is 0.271. The summed E-state index contributed by atoms with van der Waals surface area (Å²) in [5, 5.41) is 2.34. The van der Waals surface area contributed by atoms with Crippen LogP contribution in [0, 0.1) is 0 Å². The van der Waals surface area contributed by atoms with Gasteiger partial charge < -0.3 is 24.3 Å². The number of amides is 1. The third kappa shape index (κ3) is 37.8. The van der Waals surface area contributed by atoms with Crippen molar-refractivity contribution in [2.24, 2.45) is 0 Å². The molecule has 166 valence electrons. The van der Waals surface area contributed by atoms with Crippen molar-refractivity contribution in [1.82, 2.24) is 5.32 Å². The third-order valence-electron chi connectivity index (χ3n) is 1.40. The molecule has 0 unspecified atom stereocenters. The molecule has 0 saturated heterocycles. The Balaban J connectivity index is -0.0000000516. The van der Waals surface area contributed by atoms with E-state index in [4.69, 9.17) is 0 Å². The van der Waals surface area contributed by atoms with E-state index in [2.05, 4.69) is 30.8 Å². The quantitative estimate of drug-likeness (QED) is 0.269. The Morgan fingerprint density at radius 2 is 1.35 bits per heavy atom. The van der Waals surface area contributed by atoms with Gasteiger partial charge in [-0.1, -0.05) is 66.0 Å². The van der Waals surface area contributed by atoms with Crippen LogP contribution in [0.4, 0.5) is 4.79 Å². The van der Waals surface area contributed by atoms with Gasteiger partial charge in [0.15, 0.2) is 6.79 Å². The standard InChI is InChI=1S/C10H15NO7.8CH4/c1-3-8(12)16-6-15-5-9(13)17-7-18-10(14)11-4-2;;;;;;;;/h3H,1,4-7H2,2H3,(H,11,14);8*1H4. The minimum Gasteiger partial charge on any atom is -0.435 e. The van der Waals surface area contributed by atoms with Crippen molar-refractivity contribution in [1.29, 1.82) is 0 Å². The molecule has 0 fully saturated rings. The SMILES string of the molecule is C.C.C.C.C.C.C.C.C=CC(=O)OCOCC(=O)OCOC(=O)NCC. The monoisotopic (exact) mass is 389 g/mol. The Bertz CT molecular complexity index is 308. The van der Waals surface area contributed by atoms with Crippen LogP contribution in [-0.2, 0) is 28.5 Å². The van der Waals surface area contributed by atoms with Gasteiger partial charge in [-0.3, -0.25) is 0 Å². The summed E-state index contributed by atoms with van der Waals surface area (Å²) < 4.78 is 18.0. The van der Waals surface area contributed by atoms with Crippen molar-refractivity contribution < 1.29 is 33.3 Å². The summed E-state index contributed by atoms with van der Waals surface area (Å²) in [5.41, 5.74) is 0. The molecule has 0 atom stereocenters. The van der Waals surface area contributed by atoms with Crippen LogP contribution >= 0.6 is 0 Å². The summed E-state index contributed by atoms with van der Waals surface area (Å²) >= 11 is 0. The van der Waals surface area contributed by atoms with Gasteiger partial charge in [0, 0.05) is 12.6 Å². The number of esters is 2. The van der Waals surface area contributed by atoms with Gasteiger partial charge >= 0.3 is 18.0 Å². The molecule has 0 spiro atoms. The normalized spacial score (nSPS) is 6.35. The lowest BCUT2D eigenvalue weighted by Gasteiger charge is -2.07. The second-order valence-electron chi connectivity index (χ2n) is 2.73. The zero-order chi connectivity index (χ0) is 13.8. The number of carbonyl (C=O) groups excluding carboxylic acids is 3. The summed E-state index contributed by atoms with van der Waals surface area (Å²) in [6.45, 7) is 3.96. The maximum absolute atomic E-state index is 11.0. The van der Waals surface area contributed by atoms with Crippen LogP contribution in [0.1, 0.15) is 66.3 Å². The van der Waals surface area contributed by atoms with E-state index in [0.717, 1.165) is 6.08 Å². The Morgan fingerprint density at radius 3 is 1.77 bits per heavy atom. The first-order chi connectivity index (χ1) is 8.60. The average molecular weight is 390 g/mol. The highest BCUT2D eigenvalue weighted by Gasteiger charge is 2.05. The van der Waals surface area contributed by atoms with Crippen LogP contribution in [0.15, 0.2) is 12.7 Å². The molecular weight excluding hydrogens is 342 g/mol. The highest BCUT2D eigenvalue weighted by atomic mass is 16.7. The van der Waals surface area contributed by atoms with Crippen molar-refractivity contribution >= 4 is 18.0 Å². The molecule has 26 heavy (non-hydrogen) atoms. The van der Waals surface area contributed by atoms with Crippen LogP contribution in [0.3, 0.4) is 0 Å². The molecular formula is C18H47NO7. The van der Waals surface area contributed by atoms with Gasteiger partial charge in [-0.15, -0.1) is 0 Å². The minimum absolute atomic E-state index is 0. The van der Waals surface area contributed by atoms with Gasteiger partial charge in [0.1, 0.15) is 6.61 Å². The van der Waals surface area contributed by atoms with Crippen LogP contribution in [-0.4, -0.2) is 44.8 Å². The molecule has 0 aromatic rings. The number of alkyl carbamates (subject to hydrolysis) is 1. The van der Waals surface area contributed by atoms with Crippen LogP contribution in [0.5, 0.6) is 0 Å². The van der Waals surface area contributed by atoms with E-state index in [9.17, 15) is 14.4 Å².